The van der Waals surface area contributed by atoms with Crippen molar-refractivity contribution in [2.75, 3.05) is 0 Å². The van der Waals surface area contributed by atoms with Gasteiger partial charge in [-0.15, -0.1) is 6.42 Å². The Labute approximate surface area is 123 Å². The van der Waals surface area contributed by atoms with Crippen molar-refractivity contribution < 1.29 is 0 Å². The molecule has 0 heteroatoms. The topological polar surface area (TPSA) is 0 Å². The predicted octanol–water partition coefficient (Wildman–Crippen LogP) is 4.91. The van der Waals surface area contributed by atoms with Crippen molar-refractivity contribution in [3.05, 3.63) is 34.9 Å². The fraction of sp³-hybridized carbons (Fsp3) is 0.600. The Morgan fingerprint density at radius 3 is 2.95 bits per heavy atom. The third-order valence-electron chi connectivity index (χ3n) is 6.67. The van der Waals surface area contributed by atoms with Gasteiger partial charge in [-0.05, 0) is 85.0 Å². The monoisotopic (exact) mass is 264 g/mol. The third-order valence-corrected chi connectivity index (χ3v) is 6.67. The Morgan fingerprint density at radius 2 is 2.10 bits per heavy atom. The van der Waals surface area contributed by atoms with Gasteiger partial charge in [-0.1, -0.05) is 25.3 Å². The molecule has 4 atom stereocenters. The Balaban J connectivity index is 1.71. The van der Waals surface area contributed by atoms with E-state index < -0.39 is 0 Å². The first-order valence-corrected chi connectivity index (χ1v) is 8.31. The minimum atomic E-state index is 0.664. The van der Waals surface area contributed by atoms with Gasteiger partial charge >= 0.3 is 0 Å². The highest BCUT2D eigenvalue weighted by Crippen LogP contribution is 2.60. The van der Waals surface area contributed by atoms with Gasteiger partial charge in [0, 0.05) is 5.56 Å². The summed E-state index contributed by atoms with van der Waals surface area (Å²) >= 11 is 0. The molecule has 3 aliphatic carbocycles. The molecule has 0 aromatic heterocycles. The highest BCUT2D eigenvalue weighted by atomic mass is 14.5. The normalized spacial score (nSPS) is 38.5. The molecule has 2 fully saturated rings. The lowest BCUT2D eigenvalue weighted by molar-refractivity contribution is 0.0598. The smallest absolute Gasteiger partial charge is 0.0245 e. The van der Waals surface area contributed by atoms with Crippen molar-refractivity contribution >= 4 is 0 Å². The number of terminal acetylenes is 1. The van der Waals surface area contributed by atoms with Gasteiger partial charge in [0.05, 0.1) is 0 Å². The molecule has 0 heterocycles. The molecule has 20 heavy (non-hydrogen) atoms. The number of rotatable bonds is 0. The molecule has 0 bridgehead atoms. The Kier molecular flexibility index (Phi) is 2.75. The van der Waals surface area contributed by atoms with Crippen LogP contribution in [0.15, 0.2) is 18.2 Å². The molecule has 0 amide bonds. The zero-order chi connectivity index (χ0) is 13.7. The summed E-state index contributed by atoms with van der Waals surface area (Å²) in [5.74, 6) is 5.55. The number of aryl methyl sites for hydroxylation is 1. The minimum Gasteiger partial charge on any atom is -0.115 e. The molecule has 4 rings (SSSR count). The SMILES string of the molecule is C#Cc1ccc2c(c1)CC[C@@H]1[C@@H]2CC[C@]2(C)CCC[C@@H]12. The summed E-state index contributed by atoms with van der Waals surface area (Å²) in [6.07, 6.45) is 15.5. The van der Waals surface area contributed by atoms with Crippen LogP contribution in [-0.4, -0.2) is 0 Å². The highest BCUT2D eigenvalue weighted by molar-refractivity contribution is 5.43. The average molecular weight is 264 g/mol. The summed E-state index contributed by atoms with van der Waals surface area (Å²) in [5.41, 5.74) is 4.90. The van der Waals surface area contributed by atoms with E-state index in [-0.39, 0.29) is 0 Å². The van der Waals surface area contributed by atoms with Crippen molar-refractivity contribution in [2.24, 2.45) is 17.3 Å². The van der Waals surface area contributed by atoms with Crippen molar-refractivity contribution in [3.63, 3.8) is 0 Å². The number of benzene rings is 1. The first kappa shape index (κ1) is 12.5. The molecular weight excluding hydrogens is 240 g/mol. The van der Waals surface area contributed by atoms with E-state index in [0.29, 0.717) is 5.41 Å². The maximum absolute atomic E-state index is 5.55. The van der Waals surface area contributed by atoms with Crippen LogP contribution in [0, 0.1) is 29.6 Å². The fourth-order valence-electron chi connectivity index (χ4n) is 5.67. The molecule has 0 N–H and O–H groups in total. The third kappa shape index (κ3) is 1.69. The Bertz CT molecular complexity index is 576. The van der Waals surface area contributed by atoms with Gasteiger partial charge in [-0.25, -0.2) is 0 Å². The minimum absolute atomic E-state index is 0.664. The molecule has 0 spiro atoms. The summed E-state index contributed by atoms with van der Waals surface area (Å²) in [7, 11) is 0. The van der Waals surface area contributed by atoms with Crippen LogP contribution >= 0.6 is 0 Å². The molecule has 0 unspecified atom stereocenters. The number of hydrogen-bond donors (Lipinski definition) is 0. The van der Waals surface area contributed by atoms with Gasteiger partial charge in [0.2, 0.25) is 0 Å². The second-order valence-electron chi connectivity index (χ2n) is 7.56. The van der Waals surface area contributed by atoms with Crippen LogP contribution in [0.2, 0.25) is 0 Å². The van der Waals surface area contributed by atoms with Crippen molar-refractivity contribution in [1.82, 2.24) is 0 Å². The van der Waals surface area contributed by atoms with Crippen LogP contribution in [0.25, 0.3) is 0 Å². The highest BCUT2D eigenvalue weighted by Gasteiger charge is 2.50. The molecule has 0 nitrogen and oxygen atoms in total. The number of fused-ring (bicyclic) bond motifs is 5. The maximum atomic E-state index is 5.55. The first-order chi connectivity index (χ1) is 9.71. The average Bonchev–Trinajstić information content (AvgIpc) is 2.88. The molecule has 104 valence electrons. The molecular formula is C20H24. The lowest BCUT2D eigenvalue weighted by Crippen LogP contribution is -2.39. The van der Waals surface area contributed by atoms with E-state index in [2.05, 4.69) is 31.0 Å². The van der Waals surface area contributed by atoms with E-state index >= 15 is 0 Å². The van der Waals surface area contributed by atoms with Crippen molar-refractivity contribution in [1.29, 1.82) is 0 Å². The van der Waals surface area contributed by atoms with Crippen molar-refractivity contribution in [3.8, 4) is 12.3 Å². The quantitative estimate of drug-likeness (QED) is 0.584. The van der Waals surface area contributed by atoms with Gasteiger partial charge in [-0.3, -0.25) is 0 Å². The molecule has 1 aromatic rings. The Hall–Kier alpha value is -1.22. The van der Waals surface area contributed by atoms with Crippen LogP contribution in [-0.2, 0) is 6.42 Å². The molecule has 2 saturated carbocycles. The van der Waals surface area contributed by atoms with E-state index in [0.717, 1.165) is 23.3 Å². The van der Waals surface area contributed by atoms with Crippen LogP contribution in [0.3, 0.4) is 0 Å². The summed E-state index contributed by atoms with van der Waals surface area (Å²) in [6, 6.07) is 6.77. The van der Waals surface area contributed by atoms with Gasteiger partial charge < -0.3 is 0 Å². The van der Waals surface area contributed by atoms with E-state index in [1.54, 1.807) is 11.1 Å². The first-order valence-electron chi connectivity index (χ1n) is 8.31. The summed E-state index contributed by atoms with van der Waals surface area (Å²) in [5, 5.41) is 0. The lowest BCUT2D eigenvalue weighted by atomic mass is 9.56. The predicted molar refractivity (Wildman–Crippen MR) is 83.6 cm³/mol. The molecule has 0 aliphatic heterocycles. The van der Waals surface area contributed by atoms with E-state index in [9.17, 15) is 0 Å². The Morgan fingerprint density at radius 1 is 1.20 bits per heavy atom. The van der Waals surface area contributed by atoms with E-state index in [4.69, 9.17) is 6.42 Å². The largest absolute Gasteiger partial charge is 0.115 e. The second kappa shape index (κ2) is 4.39. The van der Waals surface area contributed by atoms with Gasteiger partial charge in [0.1, 0.15) is 0 Å². The maximum Gasteiger partial charge on any atom is 0.0245 e. The van der Waals surface area contributed by atoms with Gasteiger partial charge in [0.15, 0.2) is 0 Å². The summed E-state index contributed by atoms with van der Waals surface area (Å²) < 4.78 is 0. The molecule has 1 aromatic carbocycles. The van der Waals surface area contributed by atoms with E-state index in [1.165, 1.54) is 44.9 Å². The standard InChI is InChI=1S/C20H24/c1-3-14-6-8-16-15(13-14)7-9-18-17(16)10-12-20(2)11-4-5-19(18)20/h1,6,8,13,17-19H,4-5,7,9-12H2,2H3/t17-,18-,19+,20+/m1/s1. The van der Waals surface area contributed by atoms with Gasteiger partial charge in [-0.2, -0.15) is 0 Å². The fourth-order valence-corrected chi connectivity index (χ4v) is 5.67. The van der Waals surface area contributed by atoms with Crippen LogP contribution in [0.1, 0.15) is 68.1 Å². The number of hydrogen-bond acceptors (Lipinski definition) is 0. The zero-order valence-electron chi connectivity index (χ0n) is 12.5. The zero-order valence-corrected chi connectivity index (χ0v) is 12.5. The van der Waals surface area contributed by atoms with Crippen LogP contribution in [0.4, 0.5) is 0 Å². The summed E-state index contributed by atoms with van der Waals surface area (Å²) in [4.78, 5) is 0. The summed E-state index contributed by atoms with van der Waals surface area (Å²) in [6.45, 7) is 2.57. The second-order valence-corrected chi connectivity index (χ2v) is 7.56. The van der Waals surface area contributed by atoms with E-state index in [1.807, 2.05) is 0 Å². The molecule has 0 saturated heterocycles. The van der Waals surface area contributed by atoms with Crippen LogP contribution < -0.4 is 0 Å². The van der Waals surface area contributed by atoms with Crippen molar-refractivity contribution in [2.45, 2.75) is 57.8 Å². The molecule has 0 radical (unpaired) electrons. The lowest BCUT2D eigenvalue weighted by Gasteiger charge is -2.49. The van der Waals surface area contributed by atoms with Gasteiger partial charge in [0.25, 0.3) is 0 Å². The van der Waals surface area contributed by atoms with Crippen LogP contribution in [0.5, 0.6) is 0 Å². The molecule has 3 aliphatic rings.